The highest BCUT2D eigenvalue weighted by Gasteiger charge is 2.71. The van der Waals surface area contributed by atoms with Gasteiger partial charge >= 0.3 is 11.2 Å². The van der Waals surface area contributed by atoms with E-state index in [0.29, 0.717) is 0 Å². The maximum Gasteiger partial charge on any atom is 0.358 e. The summed E-state index contributed by atoms with van der Waals surface area (Å²) in [7, 11) is -1.88. The predicted molar refractivity (Wildman–Crippen MR) is 81.6 cm³/mol. The minimum atomic E-state index is -3.21. The Labute approximate surface area is 120 Å². The molecule has 0 saturated carbocycles. The quantitative estimate of drug-likeness (QED) is 0.455. The van der Waals surface area contributed by atoms with E-state index < -0.39 is 24.6 Å². The monoisotopic (exact) mass is 402 g/mol. The molecule has 0 unspecified atom stereocenters. The minimum absolute atomic E-state index is 1.88. The van der Waals surface area contributed by atoms with Crippen LogP contribution in [0.2, 0.25) is 19.6 Å². The van der Waals surface area contributed by atoms with Gasteiger partial charge in [-0.3, -0.25) is 0 Å². The Hall–Kier alpha value is 2.90. The largest absolute Gasteiger partial charge is 0.358 e. The Morgan fingerprint density at radius 3 is 0.929 bits per heavy atom. The van der Waals surface area contributed by atoms with E-state index in [9.17, 15) is 0 Å². The Balaban J connectivity index is 5.30. The molecule has 0 nitrogen and oxygen atoms in total. The first-order valence-electron chi connectivity index (χ1n) is 3.57. The maximum absolute atomic E-state index is 6.33. The van der Waals surface area contributed by atoms with Crippen LogP contribution in [0.5, 0.6) is 0 Å². The van der Waals surface area contributed by atoms with Crippen molar-refractivity contribution in [2.24, 2.45) is 0 Å². The molecular weight excluding hydrogens is 397 g/mol. The average Bonchev–Trinajstić information content (AvgIpc) is 1.81. The third kappa shape index (κ3) is 3.22. The maximum atomic E-state index is 6.33. The molecule has 0 atom stereocenters. The zero-order chi connectivity index (χ0) is 12.0. The average molecular weight is 406 g/mol. The molecular formula is C3H9Cl7Si4. The van der Waals surface area contributed by atoms with Crippen LogP contribution in [-0.4, -0.2) is 24.6 Å². The molecule has 0 aliphatic carbocycles. The fourth-order valence-corrected chi connectivity index (χ4v) is 81.4. The number of hydrogen-bond donors (Lipinski definition) is 0. The lowest BCUT2D eigenvalue weighted by atomic mass is 11.8. The lowest BCUT2D eigenvalue weighted by Gasteiger charge is -2.39. The second-order valence-corrected chi connectivity index (χ2v) is 55.7. The second kappa shape index (κ2) is 4.88. The van der Waals surface area contributed by atoms with Gasteiger partial charge < -0.3 is 0 Å². The molecule has 0 amide bonds. The Bertz CT molecular complexity index is 190. The molecule has 14 heavy (non-hydrogen) atoms. The van der Waals surface area contributed by atoms with Gasteiger partial charge in [0.1, 0.15) is 0 Å². The third-order valence-electron chi connectivity index (χ3n) is 1.69. The van der Waals surface area contributed by atoms with Gasteiger partial charge in [-0.2, -0.15) is 22.2 Å². The summed E-state index contributed by atoms with van der Waals surface area (Å²) < 4.78 is 0. The van der Waals surface area contributed by atoms with Crippen LogP contribution in [-0.2, 0) is 0 Å². The lowest BCUT2D eigenvalue weighted by molar-refractivity contribution is 1.86. The van der Waals surface area contributed by atoms with Crippen molar-refractivity contribution >= 4 is 102 Å². The van der Waals surface area contributed by atoms with Crippen LogP contribution >= 0.6 is 77.6 Å². The molecule has 0 rings (SSSR count). The van der Waals surface area contributed by atoms with E-state index in [1.807, 2.05) is 19.6 Å². The van der Waals surface area contributed by atoms with Crippen molar-refractivity contribution < 1.29 is 0 Å². The summed E-state index contributed by atoms with van der Waals surface area (Å²) in [5.74, 6) is 0. The SMILES string of the molecule is C[Si](C)(C)[Si](Cl)(Cl)[Si](Cl)(Cl)[Si](Cl)(Cl)Cl. The predicted octanol–water partition coefficient (Wildman–Crippen LogP) is 5.05. The molecule has 86 valence electrons. The van der Waals surface area contributed by atoms with E-state index in [4.69, 9.17) is 77.6 Å². The molecule has 0 N–H and O–H groups in total. The van der Waals surface area contributed by atoms with Crippen LogP contribution in [0.1, 0.15) is 0 Å². The summed E-state index contributed by atoms with van der Waals surface area (Å²) in [5, 5.41) is 0. The second-order valence-electron chi connectivity index (χ2n) is 3.90. The molecule has 0 aromatic heterocycles. The highest BCUT2D eigenvalue weighted by Crippen LogP contribution is 2.49. The van der Waals surface area contributed by atoms with Crippen LogP contribution < -0.4 is 0 Å². The third-order valence-corrected chi connectivity index (χ3v) is 86.2. The van der Waals surface area contributed by atoms with Gasteiger partial charge in [0.2, 0.25) is 0 Å². The van der Waals surface area contributed by atoms with Crippen molar-refractivity contribution in [2.45, 2.75) is 19.6 Å². The zero-order valence-corrected chi connectivity index (χ0v) is 16.9. The minimum Gasteiger partial charge on any atom is -0.151 e. The topological polar surface area (TPSA) is 0 Å². The number of hydrogen-bond acceptors (Lipinski definition) is 0. The number of halogens is 7. The van der Waals surface area contributed by atoms with Gasteiger partial charge in [0.25, 0.3) is 5.73 Å². The first kappa shape index (κ1) is 16.9. The van der Waals surface area contributed by atoms with Gasteiger partial charge in [-0.25, -0.2) is 0 Å². The normalized spacial score (nSPS) is 15.9. The van der Waals surface area contributed by atoms with E-state index in [-0.39, 0.29) is 0 Å². The molecule has 0 aliphatic heterocycles. The molecule has 0 heterocycles. The lowest BCUT2D eigenvalue weighted by Crippen LogP contribution is -2.70. The van der Waals surface area contributed by atoms with Gasteiger partial charge in [0.05, 0.1) is 7.59 Å². The van der Waals surface area contributed by atoms with Crippen LogP contribution in [0.3, 0.4) is 0 Å². The van der Waals surface area contributed by atoms with E-state index in [0.717, 1.165) is 0 Å². The first-order chi connectivity index (χ1) is 5.75. The highest BCUT2D eigenvalue weighted by molar-refractivity contribution is 8.26. The van der Waals surface area contributed by atoms with Crippen molar-refractivity contribution in [3.05, 3.63) is 0 Å². The van der Waals surface area contributed by atoms with Gasteiger partial charge in [-0.15, -0.1) is 55.4 Å². The molecule has 0 saturated heterocycles. The zero-order valence-electron chi connectivity index (χ0n) is 7.65. The molecule has 0 fully saturated rings. The standard InChI is InChI=1S/C3H9Cl7Si4/c1-11(2,3)13(7,8)14(9,10)12(4,5)6/h1-3H3. The molecule has 0 aromatic rings. The summed E-state index contributed by atoms with van der Waals surface area (Å²) in [5.41, 5.74) is -9.22. The van der Waals surface area contributed by atoms with Crippen LogP contribution in [0.4, 0.5) is 0 Å². The van der Waals surface area contributed by atoms with Crippen molar-refractivity contribution in [3.63, 3.8) is 0 Å². The fourth-order valence-electron chi connectivity index (χ4n) is 0.649. The summed E-state index contributed by atoms with van der Waals surface area (Å²) >= 11 is 42.7. The van der Waals surface area contributed by atoms with Crippen LogP contribution in [0, 0.1) is 0 Å². The Morgan fingerprint density at radius 1 is 0.571 bits per heavy atom. The molecule has 0 bridgehead atoms. The molecule has 0 aliphatic rings. The molecule has 11 heteroatoms. The van der Waals surface area contributed by atoms with E-state index >= 15 is 0 Å². The van der Waals surface area contributed by atoms with E-state index in [1.165, 1.54) is 0 Å². The molecule has 0 radical (unpaired) electrons. The van der Waals surface area contributed by atoms with Gasteiger partial charge in [0, 0.05) is 0 Å². The van der Waals surface area contributed by atoms with Crippen molar-refractivity contribution in [1.82, 2.24) is 0 Å². The first-order valence-corrected chi connectivity index (χ1v) is 23.2. The van der Waals surface area contributed by atoms with Gasteiger partial charge in [-0.1, -0.05) is 19.6 Å². The Morgan fingerprint density at radius 2 is 0.857 bits per heavy atom. The Kier molecular flexibility index (Phi) is 5.89. The van der Waals surface area contributed by atoms with Crippen molar-refractivity contribution in [2.75, 3.05) is 0 Å². The highest BCUT2D eigenvalue weighted by atomic mass is 35.9. The summed E-state index contributed by atoms with van der Waals surface area (Å²) in [4.78, 5) is 0. The number of rotatable bonds is 3. The van der Waals surface area contributed by atoms with Crippen LogP contribution in [0.15, 0.2) is 0 Å². The van der Waals surface area contributed by atoms with Crippen molar-refractivity contribution in [3.8, 4) is 0 Å². The van der Waals surface area contributed by atoms with Crippen molar-refractivity contribution in [1.29, 1.82) is 0 Å². The smallest absolute Gasteiger partial charge is 0.151 e. The van der Waals surface area contributed by atoms with E-state index in [2.05, 4.69) is 0 Å². The molecule has 0 aromatic carbocycles. The van der Waals surface area contributed by atoms with Crippen LogP contribution in [0.25, 0.3) is 0 Å². The van der Waals surface area contributed by atoms with E-state index in [1.54, 1.807) is 0 Å². The molecule has 0 spiro atoms. The summed E-state index contributed by atoms with van der Waals surface area (Å²) in [6.07, 6.45) is 0. The fraction of sp³-hybridized carbons (Fsp3) is 1.00. The summed E-state index contributed by atoms with van der Waals surface area (Å²) in [6.45, 7) is 5.99. The summed E-state index contributed by atoms with van der Waals surface area (Å²) in [6, 6.07) is 0. The van der Waals surface area contributed by atoms with Gasteiger partial charge in [0.15, 0.2) is 0 Å². The van der Waals surface area contributed by atoms with Gasteiger partial charge in [-0.05, 0) is 0 Å².